The molecule has 0 aromatic heterocycles. The van der Waals surface area contributed by atoms with Crippen LogP contribution >= 0.6 is 0 Å². The summed E-state index contributed by atoms with van der Waals surface area (Å²) in [5, 5.41) is 0. The van der Waals surface area contributed by atoms with Crippen LogP contribution in [0.5, 0.6) is 5.75 Å². The zero-order chi connectivity index (χ0) is 24.0. The lowest BCUT2D eigenvalue weighted by Crippen LogP contribution is -2.31. The summed E-state index contributed by atoms with van der Waals surface area (Å²) in [7, 11) is 0. The summed E-state index contributed by atoms with van der Waals surface area (Å²) < 4.78 is 5.59. The van der Waals surface area contributed by atoms with Crippen molar-refractivity contribution >= 4 is 35.1 Å². The molecule has 4 atom stereocenters. The van der Waals surface area contributed by atoms with Gasteiger partial charge in [-0.05, 0) is 49.1 Å². The van der Waals surface area contributed by atoms with Crippen molar-refractivity contribution in [2.75, 3.05) is 16.3 Å². The van der Waals surface area contributed by atoms with Crippen molar-refractivity contribution in [2.24, 2.45) is 23.7 Å². The SMILES string of the molecule is Cc1cccc(N2C[C@@H](C(=O)Oc3cccc(N4C(=O)[C@H]5[C@H](C)C=CC[C@@H]5C4=O)c3)CC2=O)c1. The molecule has 0 unspecified atom stereocenters. The molecule has 0 bridgehead atoms. The molecule has 3 amide bonds. The molecule has 2 saturated heterocycles. The summed E-state index contributed by atoms with van der Waals surface area (Å²) in [5.74, 6) is -2.14. The molecular weight excluding hydrogens is 432 g/mol. The Morgan fingerprint density at radius 3 is 2.53 bits per heavy atom. The van der Waals surface area contributed by atoms with Crippen molar-refractivity contribution in [3.63, 3.8) is 0 Å². The lowest BCUT2D eigenvalue weighted by molar-refractivity contribution is -0.139. The van der Waals surface area contributed by atoms with Gasteiger partial charge in [0.15, 0.2) is 0 Å². The molecule has 0 N–H and O–H groups in total. The van der Waals surface area contributed by atoms with Gasteiger partial charge in [0.05, 0.1) is 23.4 Å². The highest BCUT2D eigenvalue weighted by molar-refractivity contribution is 6.22. The number of rotatable bonds is 4. The van der Waals surface area contributed by atoms with E-state index in [1.807, 2.05) is 50.3 Å². The first-order valence-corrected chi connectivity index (χ1v) is 11.6. The normalized spacial score (nSPS) is 26.2. The molecular formula is C27H26N2O5. The first kappa shape index (κ1) is 22.1. The standard InChI is InChI=1S/C27H26N2O5/c1-16-6-3-8-19(12-16)28-15-18(13-23(28)30)27(33)34-21-10-5-9-20(14-21)29-25(31)22-11-4-7-17(2)24(22)26(29)32/h3-10,12,14,17-18,22,24H,11,13,15H2,1-2H3/t17-,18+,22+,24+/m1/s1. The summed E-state index contributed by atoms with van der Waals surface area (Å²) >= 11 is 0. The molecule has 2 fully saturated rings. The summed E-state index contributed by atoms with van der Waals surface area (Å²) in [6.45, 7) is 4.14. The van der Waals surface area contributed by atoms with Gasteiger partial charge >= 0.3 is 5.97 Å². The van der Waals surface area contributed by atoms with E-state index in [1.165, 1.54) is 11.0 Å². The molecule has 5 rings (SSSR count). The minimum atomic E-state index is -0.596. The molecule has 2 aromatic rings. The highest BCUT2D eigenvalue weighted by Crippen LogP contribution is 2.41. The number of nitrogens with zero attached hydrogens (tertiary/aromatic N) is 2. The maximum Gasteiger partial charge on any atom is 0.316 e. The lowest BCUT2D eigenvalue weighted by Gasteiger charge is -2.22. The first-order chi connectivity index (χ1) is 16.3. The van der Waals surface area contributed by atoms with E-state index >= 15 is 0 Å². The second-order valence-electron chi connectivity index (χ2n) is 9.33. The summed E-state index contributed by atoms with van der Waals surface area (Å²) in [6.07, 6.45) is 4.57. The highest BCUT2D eigenvalue weighted by atomic mass is 16.5. The van der Waals surface area contributed by atoms with Crippen LogP contribution < -0.4 is 14.5 Å². The lowest BCUT2D eigenvalue weighted by atomic mass is 9.78. The van der Waals surface area contributed by atoms with Crippen LogP contribution in [0.15, 0.2) is 60.7 Å². The van der Waals surface area contributed by atoms with Crippen molar-refractivity contribution in [3.05, 3.63) is 66.2 Å². The fourth-order valence-electron chi connectivity index (χ4n) is 5.20. The van der Waals surface area contributed by atoms with E-state index in [0.29, 0.717) is 12.1 Å². The Morgan fingerprint density at radius 1 is 1.00 bits per heavy atom. The van der Waals surface area contributed by atoms with Gasteiger partial charge in [0.1, 0.15) is 5.75 Å². The number of aryl methyl sites for hydroxylation is 1. The van der Waals surface area contributed by atoms with E-state index in [2.05, 4.69) is 0 Å². The average molecular weight is 459 g/mol. The number of ether oxygens (including phenoxy) is 1. The van der Waals surface area contributed by atoms with Crippen molar-refractivity contribution < 1.29 is 23.9 Å². The van der Waals surface area contributed by atoms with Crippen LogP contribution in [0.25, 0.3) is 0 Å². The number of imide groups is 1. The highest BCUT2D eigenvalue weighted by Gasteiger charge is 2.50. The Kier molecular flexibility index (Phi) is 5.55. The van der Waals surface area contributed by atoms with Gasteiger partial charge in [-0.2, -0.15) is 0 Å². The van der Waals surface area contributed by atoms with E-state index in [0.717, 1.165) is 11.3 Å². The number of amides is 3. The molecule has 0 radical (unpaired) electrons. The van der Waals surface area contributed by atoms with Crippen LogP contribution in [-0.4, -0.2) is 30.2 Å². The monoisotopic (exact) mass is 458 g/mol. The molecule has 2 heterocycles. The van der Waals surface area contributed by atoms with Crippen LogP contribution in [0.2, 0.25) is 0 Å². The smallest absolute Gasteiger partial charge is 0.316 e. The van der Waals surface area contributed by atoms with Gasteiger partial charge in [0.25, 0.3) is 0 Å². The fourth-order valence-corrected chi connectivity index (χ4v) is 5.20. The quantitative estimate of drug-likeness (QED) is 0.302. The predicted octanol–water partition coefficient (Wildman–Crippen LogP) is 3.66. The van der Waals surface area contributed by atoms with Crippen molar-refractivity contribution in [3.8, 4) is 5.75 Å². The van der Waals surface area contributed by atoms with E-state index in [4.69, 9.17) is 4.74 Å². The number of allylic oxidation sites excluding steroid dienone is 2. The number of carbonyl (C=O) groups excluding carboxylic acids is 4. The molecule has 0 saturated carbocycles. The van der Waals surface area contributed by atoms with Gasteiger partial charge in [0, 0.05) is 24.7 Å². The minimum Gasteiger partial charge on any atom is -0.426 e. The second-order valence-corrected chi connectivity index (χ2v) is 9.33. The van der Waals surface area contributed by atoms with Crippen molar-refractivity contribution in [1.82, 2.24) is 0 Å². The van der Waals surface area contributed by atoms with Gasteiger partial charge < -0.3 is 9.64 Å². The molecule has 7 heteroatoms. The molecule has 34 heavy (non-hydrogen) atoms. The number of esters is 1. The van der Waals surface area contributed by atoms with Crippen LogP contribution in [0, 0.1) is 30.6 Å². The zero-order valence-corrected chi connectivity index (χ0v) is 19.1. The summed E-state index contributed by atoms with van der Waals surface area (Å²) in [5.41, 5.74) is 2.19. The number of hydrogen-bond acceptors (Lipinski definition) is 5. The number of anilines is 2. The van der Waals surface area contributed by atoms with E-state index in [9.17, 15) is 19.2 Å². The Bertz CT molecular complexity index is 1220. The summed E-state index contributed by atoms with van der Waals surface area (Å²) in [6, 6.07) is 14.1. The van der Waals surface area contributed by atoms with Gasteiger partial charge in [-0.15, -0.1) is 0 Å². The third-order valence-corrected chi connectivity index (χ3v) is 6.94. The van der Waals surface area contributed by atoms with Gasteiger partial charge in [-0.1, -0.05) is 37.3 Å². The maximum atomic E-state index is 13.1. The Hall–Kier alpha value is -3.74. The fraction of sp³-hybridized carbons (Fsp3) is 0.333. The molecule has 174 valence electrons. The maximum absolute atomic E-state index is 13.1. The van der Waals surface area contributed by atoms with Crippen molar-refractivity contribution in [2.45, 2.75) is 26.7 Å². The third-order valence-electron chi connectivity index (χ3n) is 6.94. The van der Waals surface area contributed by atoms with E-state index < -0.39 is 11.9 Å². The van der Waals surface area contributed by atoms with E-state index in [-0.39, 0.29) is 54.2 Å². The number of carbonyl (C=O) groups is 4. The van der Waals surface area contributed by atoms with Gasteiger partial charge in [-0.3, -0.25) is 19.2 Å². The van der Waals surface area contributed by atoms with E-state index in [1.54, 1.807) is 23.1 Å². The van der Waals surface area contributed by atoms with Crippen LogP contribution in [-0.2, 0) is 19.2 Å². The van der Waals surface area contributed by atoms with Gasteiger partial charge in [-0.25, -0.2) is 4.90 Å². The number of hydrogen-bond donors (Lipinski definition) is 0. The van der Waals surface area contributed by atoms with Gasteiger partial charge in [0.2, 0.25) is 17.7 Å². The third kappa shape index (κ3) is 3.81. The first-order valence-electron chi connectivity index (χ1n) is 11.6. The average Bonchev–Trinajstić information content (AvgIpc) is 3.32. The topological polar surface area (TPSA) is 84.0 Å². The van der Waals surface area contributed by atoms with Crippen molar-refractivity contribution in [1.29, 1.82) is 0 Å². The van der Waals surface area contributed by atoms with Crippen LogP contribution in [0.4, 0.5) is 11.4 Å². The zero-order valence-electron chi connectivity index (χ0n) is 19.1. The Balaban J connectivity index is 1.30. The predicted molar refractivity (Wildman–Crippen MR) is 126 cm³/mol. The Morgan fingerprint density at radius 2 is 1.76 bits per heavy atom. The molecule has 2 aliphatic heterocycles. The second kappa shape index (κ2) is 8.56. The van der Waals surface area contributed by atoms with Crippen LogP contribution in [0.1, 0.15) is 25.3 Å². The number of benzene rings is 2. The Labute approximate surface area is 198 Å². The molecule has 3 aliphatic rings. The largest absolute Gasteiger partial charge is 0.426 e. The summed E-state index contributed by atoms with van der Waals surface area (Å²) in [4.78, 5) is 54.3. The molecule has 0 spiro atoms. The molecule has 1 aliphatic carbocycles. The minimum absolute atomic E-state index is 0.00235. The van der Waals surface area contributed by atoms with Crippen LogP contribution in [0.3, 0.4) is 0 Å². The molecule has 2 aromatic carbocycles. The number of fused-ring (bicyclic) bond motifs is 1. The molecule has 7 nitrogen and oxygen atoms in total.